The highest BCUT2D eigenvalue weighted by atomic mass is 16.5. The molecule has 0 radical (unpaired) electrons. The van der Waals surface area contributed by atoms with Crippen LogP contribution in [0.25, 0.3) is 0 Å². The maximum atomic E-state index is 14.4. The standard InChI is InChI=1S/C29H47N3O5/c1-8-17-30(7)24(34)21-22-25(35)31(19-13-11-12-14-20-33)23(26(36)32(18-9-2)27(4,5)6)29(22)16-15-28(21,10-3)37-29/h8-9,21-23,33H,1-2,10-20H2,3-7H3/t21-,22+,23?,28+,29?/m1/s1. The maximum Gasteiger partial charge on any atom is 0.249 e. The first-order valence-corrected chi connectivity index (χ1v) is 13.9. The number of aliphatic hydroxyl groups is 1. The summed E-state index contributed by atoms with van der Waals surface area (Å²) in [6.45, 7) is 16.9. The Bertz CT molecular complexity index is 898. The lowest BCUT2D eigenvalue weighted by atomic mass is 9.64. The average molecular weight is 518 g/mol. The van der Waals surface area contributed by atoms with Crippen LogP contribution in [0.5, 0.6) is 0 Å². The number of nitrogens with zero attached hydrogens (tertiary/aromatic N) is 3. The van der Waals surface area contributed by atoms with E-state index in [0.29, 0.717) is 45.3 Å². The first-order valence-electron chi connectivity index (χ1n) is 13.9. The number of carbonyl (C=O) groups is 3. The number of unbranched alkanes of at least 4 members (excludes halogenated alkanes) is 3. The molecule has 3 aliphatic heterocycles. The fourth-order valence-corrected chi connectivity index (χ4v) is 6.85. The van der Waals surface area contributed by atoms with Crippen molar-refractivity contribution in [1.29, 1.82) is 0 Å². The first kappa shape index (κ1) is 29.4. The third-order valence-corrected chi connectivity index (χ3v) is 8.65. The predicted molar refractivity (Wildman–Crippen MR) is 144 cm³/mol. The van der Waals surface area contributed by atoms with E-state index >= 15 is 0 Å². The number of amides is 3. The lowest BCUT2D eigenvalue weighted by molar-refractivity contribution is -0.157. The van der Waals surface area contributed by atoms with Crippen LogP contribution < -0.4 is 0 Å². The van der Waals surface area contributed by atoms with Crippen LogP contribution in [0, 0.1) is 11.8 Å². The monoisotopic (exact) mass is 517 g/mol. The fourth-order valence-electron chi connectivity index (χ4n) is 6.85. The molecule has 3 heterocycles. The zero-order valence-corrected chi connectivity index (χ0v) is 23.5. The van der Waals surface area contributed by atoms with Gasteiger partial charge in [-0.25, -0.2) is 0 Å². The van der Waals surface area contributed by atoms with Crippen molar-refractivity contribution in [1.82, 2.24) is 14.7 Å². The van der Waals surface area contributed by atoms with Gasteiger partial charge >= 0.3 is 0 Å². The second-order valence-corrected chi connectivity index (χ2v) is 11.9. The molecule has 2 bridgehead atoms. The molecule has 0 aromatic heterocycles. The number of carbonyl (C=O) groups excluding carboxylic acids is 3. The third kappa shape index (κ3) is 4.99. The van der Waals surface area contributed by atoms with Crippen LogP contribution in [-0.4, -0.2) is 93.6 Å². The summed E-state index contributed by atoms with van der Waals surface area (Å²) >= 11 is 0. The highest BCUT2D eigenvalue weighted by Crippen LogP contribution is 2.64. The van der Waals surface area contributed by atoms with E-state index in [1.165, 1.54) is 0 Å². The van der Waals surface area contributed by atoms with Gasteiger partial charge in [0.1, 0.15) is 11.6 Å². The van der Waals surface area contributed by atoms with Gasteiger partial charge in [0, 0.05) is 38.8 Å². The van der Waals surface area contributed by atoms with E-state index in [2.05, 4.69) is 13.2 Å². The van der Waals surface area contributed by atoms with Gasteiger partial charge in [0.15, 0.2) is 0 Å². The van der Waals surface area contributed by atoms with Crippen molar-refractivity contribution in [3.8, 4) is 0 Å². The average Bonchev–Trinajstić information content (AvgIpc) is 3.44. The Balaban J connectivity index is 2.06. The Morgan fingerprint density at radius 2 is 1.76 bits per heavy atom. The highest BCUT2D eigenvalue weighted by Gasteiger charge is 2.79. The Kier molecular flexibility index (Phi) is 8.95. The molecule has 8 heteroatoms. The number of hydrogen-bond donors (Lipinski definition) is 1. The van der Waals surface area contributed by atoms with Crippen LogP contribution in [-0.2, 0) is 19.1 Å². The number of likely N-dealkylation sites (N-methyl/N-ethyl adjacent to an activating group) is 1. The summed E-state index contributed by atoms with van der Waals surface area (Å²) in [5, 5.41) is 9.13. The van der Waals surface area contributed by atoms with Crippen LogP contribution in [0.4, 0.5) is 0 Å². The number of fused-ring (bicyclic) bond motifs is 1. The minimum Gasteiger partial charge on any atom is -0.396 e. The molecule has 37 heavy (non-hydrogen) atoms. The van der Waals surface area contributed by atoms with Gasteiger partial charge in [-0.2, -0.15) is 0 Å². The van der Waals surface area contributed by atoms with E-state index < -0.39 is 34.6 Å². The quantitative estimate of drug-likeness (QED) is 0.299. The molecule has 2 unspecified atom stereocenters. The van der Waals surface area contributed by atoms with Crippen molar-refractivity contribution >= 4 is 17.7 Å². The van der Waals surface area contributed by atoms with Crippen LogP contribution >= 0.6 is 0 Å². The van der Waals surface area contributed by atoms with Gasteiger partial charge in [-0.3, -0.25) is 14.4 Å². The molecular weight excluding hydrogens is 470 g/mol. The summed E-state index contributed by atoms with van der Waals surface area (Å²) in [5.74, 6) is -1.71. The Hall–Kier alpha value is -2.19. The van der Waals surface area contributed by atoms with Crippen LogP contribution in [0.2, 0.25) is 0 Å². The minimum atomic E-state index is -1.02. The van der Waals surface area contributed by atoms with E-state index in [9.17, 15) is 14.4 Å². The Morgan fingerprint density at radius 1 is 1.11 bits per heavy atom. The third-order valence-electron chi connectivity index (χ3n) is 8.65. The van der Waals surface area contributed by atoms with Crippen molar-refractivity contribution in [2.75, 3.05) is 33.3 Å². The minimum absolute atomic E-state index is 0.114. The van der Waals surface area contributed by atoms with E-state index in [0.717, 1.165) is 19.3 Å². The molecule has 0 saturated carbocycles. The molecule has 0 aromatic carbocycles. The molecule has 208 valence electrons. The van der Waals surface area contributed by atoms with Gasteiger partial charge in [-0.1, -0.05) is 31.9 Å². The van der Waals surface area contributed by atoms with Crippen LogP contribution in [0.3, 0.4) is 0 Å². The SMILES string of the molecule is C=CCN(C)C(=O)[C@H]1[C@H]2C(=O)N(CCCCCCO)C(C(=O)N(CC=C)C(C)(C)C)C23CC[C@]1(CC)O3. The molecular formula is C29H47N3O5. The van der Waals surface area contributed by atoms with Gasteiger partial charge in [0.05, 0.1) is 17.4 Å². The molecule has 3 amide bonds. The number of aliphatic hydroxyl groups excluding tert-OH is 1. The first-order chi connectivity index (χ1) is 17.5. The lowest BCUT2D eigenvalue weighted by Crippen LogP contribution is -2.60. The molecule has 3 aliphatic rings. The van der Waals surface area contributed by atoms with Gasteiger partial charge in [0.2, 0.25) is 17.7 Å². The number of rotatable bonds is 13. The Morgan fingerprint density at radius 3 is 2.32 bits per heavy atom. The second-order valence-electron chi connectivity index (χ2n) is 11.9. The molecule has 3 saturated heterocycles. The summed E-state index contributed by atoms with van der Waals surface area (Å²) in [7, 11) is 1.73. The maximum absolute atomic E-state index is 14.4. The number of likely N-dealkylation sites (tertiary alicyclic amines) is 1. The smallest absolute Gasteiger partial charge is 0.249 e. The van der Waals surface area contributed by atoms with Crippen molar-refractivity contribution in [3.05, 3.63) is 25.3 Å². The van der Waals surface area contributed by atoms with Crippen LogP contribution in [0.1, 0.15) is 72.6 Å². The van der Waals surface area contributed by atoms with Crippen LogP contribution in [0.15, 0.2) is 25.3 Å². The molecule has 1 N–H and O–H groups in total. The molecule has 8 nitrogen and oxygen atoms in total. The summed E-state index contributed by atoms with van der Waals surface area (Å²) in [6.07, 6.45) is 8.38. The number of ether oxygens (including phenoxy) is 1. The van der Waals surface area contributed by atoms with Crippen molar-refractivity contribution < 1.29 is 24.2 Å². The van der Waals surface area contributed by atoms with Gasteiger partial charge in [-0.05, 0) is 52.9 Å². The van der Waals surface area contributed by atoms with Crippen molar-refractivity contribution in [2.24, 2.45) is 11.8 Å². The molecule has 3 rings (SSSR count). The van der Waals surface area contributed by atoms with E-state index in [1.54, 1.807) is 33.9 Å². The highest BCUT2D eigenvalue weighted by molar-refractivity contribution is 5.99. The van der Waals surface area contributed by atoms with E-state index in [4.69, 9.17) is 9.84 Å². The number of hydrogen-bond acceptors (Lipinski definition) is 5. The second kappa shape index (κ2) is 11.3. The summed E-state index contributed by atoms with van der Waals surface area (Å²) in [5.41, 5.74) is -2.24. The van der Waals surface area contributed by atoms with E-state index in [-0.39, 0.29) is 24.3 Å². The molecule has 0 aromatic rings. The predicted octanol–water partition coefficient (Wildman–Crippen LogP) is 3.15. The fraction of sp³-hybridized carbons (Fsp3) is 0.759. The summed E-state index contributed by atoms with van der Waals surface area (Å²) in [4.78, 5) is 47.5. The zero-order chi connectivity index (χ0) is 27.6. The normalized spacial score (nSPS) is 30.4. The molecule has 5 atom stereocenters. The topological polar surface area (TPSA) is 90.4 Å². The largest absolute Gasteiger partial charge is 0.396 e. The zero-order valence-electron chi connectivity index (χ0n) is 23.5. The molecule has 0 aliphatic carbocycles. The summed E-state index contributed by atoms with van der Waals surface area (Å²) in [6, 6.07) is -0.780. The Labute approximate surface area is 222 Å². The molecule has 3 fully saturated rings. The van der Waals surface area contributed by atoms with Crippen molar-refractivity contribution in [2.45, 2.75) is 95.4 Å². The van der Waals surface area contributed by atoms with Gasteiger partial charge in [-0.15, -0.1) is 13.2 Å². The van der Waals surface area contributed by atoms with E-state index in [1.807, 2.05) is 27.7 Å². The van der Waals surface area contributed by atoms with Gasteiger partial charge < -0.3 is 24.5 Å². The van der Waals surface area contributed by atoms with Gasteiger partial charge in [0.25, 0.3) is 0 Å². The molecule has 1 spiro atoms. The summed E-state index contributed by atoms with van der Waals surface area (Å²) < 4.78 is 6.86. The van der Waals surface area contributed by atoms with Crippen molar-refractivity contribution in [3.63, 3.8) is 0 Å². The lowest BCUT2D eigenvalue weighted by Gasteiger charge is -2.42.